The van der Waals surface area contributed by atoms with Crippen LogP contribution in [0.3, 0.4) is 0 Å². The largest absolute Gasteiger partial charge is 0.454 e. The zero-order valence-corrected chi connectivity index (χ0v) is 12.7. The van der Waals surface area contributed by atoms with Crippen molar-refractivity contribution >= 4 is 16.9 Å². The summed E-state index contributed by atoms with van der Waals surface area (Å²) in [6, 6.07) is 6.05. The van der Waals surface area contributed by atoms with E-state index >= 15 is 0 Å². The topological polar surface area (TPSA) is 42.9 Å². The van der Waals surface area contributed by atoms with Gasteiger partial charge in [0.2, 0.25) is 6.79 Å². The standard InChI is InChI=1S/C15H20N2O2S/c1-10(2)5-12-8-17-15(20-12)16-7-11-3-4-13-14(6-11)19-9-18-13/h3-4,6,10,12H,5,7-9H2,1-2H3,(H,16,17). The molecular formula is C15H20N2O2S. The highest BCUT2D eigenvalue weighted by atomic mass is 32.2. The number of benzene rings is 1. The van der Waals surface area contributed by atoms with E-state index in [0.29, 0.717) is 12.0 Å². The third-order valence-electron chi connectivity index (χ3n) is 3.33. The van der Waals surface area contributed by atoms with Crippen molar-refractivity contribution in [1.29, 1.82) is 0 Å². The van der Waals surface area contributed by atoms with E-state index in [1.165, 1.54) is 12.0 Å². The van der Waals surface area contributed by atoms with Crippen LogP contribution in [0, 0.1) is 5.92 Å². The molecule has 0 saturated carbocycles. The summed E-state index contributed by atoms with van der Waals surface area (Å²) in [4.78, 5) is 4.57. The van der Waals surface area contributed by atoms with Gasteiger partial charge in [0.15, 0.2) is 16.7 Å². The molecule has 0 fully saturated rings. The van der Waals surface area contributed by atoms with Crippen molar-refractivity contribution in [2.24, 2.45) is 10.9 Å². The molecule has 2 aliphatic heterocycles. The van der Waals surface area contributed by atoms with E-state index in [2.05, 4.69) is 30.2 Å². The second kappa shape index (κ2) is 5.95. The Hall–Kier alpha value is -1.36. The van der Waals surface area contributed by atoms with Gasteiger partial charge < -0.3 is 14.8 Å². The monoisotopic (exact) mass is 292 g/mol. The van der Waals surface area contributed by atoms with Crippen molar-refractivity contribution in [3.8, 4) is 11.5 Å². The van der Waals surface area contributed by atoms with Gasteiger partial charge in [-0.1, -0.05) is 31.7 Å². The maximum atomic E-state index is 5.39. The number of nitrogens with one attached hydrogen (secondary N) is 1. The Balaban J connectivity index is 1.51. The Morgan fingerprint density at radius 1 is 1.35 bits per heavy atom. The minimum Gasteiger partial charge on any atom is -0.454 e. The van der Waals surface area contributed by atoms with Crippen LogP contribution < -0.4 is 14.8 Å². The quantitative estimate of drug-likeness (QED) is 0.926. The van der Waals surface area contributed by atoms with Crippen LogP contribution in [-0.2, 0) is 6.54 Å². The van der Waals surface area contributed by atoms with Crippen LogP contribution in [0.5, 0.6) is 11.5 Å². The van der Waals surface area contributed by atoms with Gasteiger partial charge in [0.1, 0.15) is 0 Å². The van der Waals surface area contributed by atoms with Crippen LogP contribution in [0.1, 0.15) is 25.8 Å². The summed E-state index contributed by atoms with van der Waals surface area (Å²) >= 11 is 1.87. The highest BCUT2D eigenvalue weighted by molar-refractivity contribution is 8.14. The Bertz CT molecular complexity index is 517. The Labute approximate surface area is 123 Å². The number of aliphatic imine (C=N–C) groups is 1. The summed E-state index contributed by atoms with van der Waals surface area (Å²) in [5.74, 6) is 2.40. The van der Waals surface area contributed by atoms with Crippen molar-refractivity contribution < 1.29 is 9.47 Å². The molecular weight excluding hydrogens is 272 g/mol. The van der Waals surface area contributed by atoms with Gasteiger partial charge in [-0.3, -0.25) is 4.99 Å². The number of thioether (sulfide) groups is 1. The normalized spacial score (nSPS) is 20.4. The molecule has 1 atom stereocenters. The van der Waals surface area contributed by atoms with Crippen molar-refractivity contribution in [1.82, 2.24) is 5.32 Å². The Kier molecular flexibility index (Phi) is 4.05. The Morgan fingerprint density at radius 3 is 3.05 bits per heavy atom. The number of nitrogens with zero attached hydrogens (tertiary/aromatic N) is 1. The zero-order chi connectivity index (χ0) is 13.9. The van der Waals surface area contributed by atoms with Crippen LogP contribution in [0.15, 0.2) is 23.2 Å². The van der Waals surface area contributed by atoms with Gasteiger partial charge in [0.05, 0.1) is 6.54 Å². The number of hydrogen-bond donors (Lipinski definition) is 1. The number of hydrogen-bond acceptors (Lipinski definition) is 5. The fourth-order valence-electron chi connectivity index (χ4n) is 2.39. The van der Waals surface area contributed by atoms with Gasteiger partial charge in [0, 0.05) is 11.8 Å². The van der Waals surface area contributed by atoms with Gasteiger partial charge in [-0.05, 0) is 30.0 Å². The average Bonchev–Trinajstić information content (AvgIpc) is 3.03. The lowest BCUT2D eigenvalue weighted by molar-refractivity contribution is 0.174. The minimum absolute atomic E-state index is 0.325. The molecule has 5 heteroatoms. The SMILES string of the molecule is CC(C)CC1CN=C(NCc2ccc3c(c2)OCO3)S1. The molecule has 0 aliphatic carbocycles. The predicted molar refractivity (Wildman–Crippen MR) is 82.5 cm³/mol. The van der Waals surface area contributed by atoms with E-state index in [0.717, 1.165) is 35.7 Å². The number of fused-ring (bicyclic) bond motifs is 1. The molecule has 0 amide bonds. The summed E-state index contributed by atoms with van der Waals surface area (Å²) < 4.78 is 10.7. The minimum atomic E-state index is 0.325. The molecule has 1 aromatic carbocycles. The molecule has 20 heavy (non-hydrogen) atoms. The van der Waals surface area contributed by atoms with Crippen LogP contribution in [0.2, 0.25) is 0 Å². The molecule has 2 heterocycles. The number of ether oxygens (including phenoxy) is 2. The van der Waals surface area contributed by atoms with Gasteiger partial charge >= 0.3 is 0 Å². The lowest BCUT2D eigenvalue weighted by atomic mass is 10.1. The molecule has 0 bridgehead atoms. The van der Waals surface area contributed by atoms with Crippen molar-refractivity contribution in [3.63, 3.8) is 0 Å². The summed E-state index contributed by atoms with van der Waals surface area (Å²) in [6.07, 6.45) is 1.23. The third kappa shape index (κ3) is 3.20. The first kappa shape index (κ1) is 13.6. The third-order valence-corrected chi connectivity index (χ3v) is 4.50. The van der Waals surface area contributed by atoms with Gasteiger partial charge in [-0.15, -0.1) is 0 Å². The van der Waals surface area contributed by atoms with Gasteiger partial charge in [0.25, 0.3) is 0 Å². The molecule has 0 aromatic heterocycles. The van der Waals surface area contributed by atoms with Gasteiger partial charge in [-0.2, -0.15) is 0 Å². The van der Waals surface area contributed by atoms with E-state index in [1.54, 1.807) is 0 Å². The maximum Gasteiger partial charge on any atom is 0.231 e. The second-order valence-electron chi connectivity index (χ2n) is 5.56. The van der Waals surface area contributed by atoms with E-state index in [-0.39, 0.29) is 0 Å². The fraction of sp³-hybridized carbons (Fsp3) is 0.533. The molecule has 0 saturated heterocycles. The molecule has 1 aromatic rings. The summed E-state index contributed by atoms with van der Waals surface area (Å²) in [6.45, 7) is 6.56. The maximum absolute atomic E-state index is 5.39. The van der Waals surface area contributed by atoms with Crippen molar-refractivity contribution in [2.45, 2.75) is 32.1 Å². The van der Waals surface area contributed by atoms with E-state index in [4.69, 9.17) is 9.47 Å². The first-order valence-electron chi connectivity index (χ1n) is 7.04. The molecule has 0 radical (unpaired) electrons. The molecule has 3 rings (SSSR count). The smallest absolute Gasteiger partial charge is 0.231 e. The predicted octanol–water partition coefficient (Wildman–Crippen LogP) is 3.02. The summed E-state index contributed by atoms with van der Waals surface area (Å²) in [5.41, 5.74) is 1.19. The highest BCUT2D eigenvalue weighted by Gasteiger charge is 2.20. The second-order valence-corrected chi connectivity index (χ2v) is 6.85. The molecule has 1 N–H and O–H groups in total. The summed E-state index contributed by atoms with van der Waals surface area (Å²) in [7, 11) is 0. The molecule has 1 unspecified atom stereocenters. The molecule has 108 valence electrons. The number of rotatable bonds is 4. The van der Waals surface area contributed by atoms with Crippen LogP contribution >= 0.6 is 11.8 Å². The lowest BCUT2D eigenvalue weighted by Gasteiger charge is -2.11. The zero-order valence-electron chi connectivity index (χ0n) is 11.9. The summed E-state index contributed by atoms with van der Waals surface area (Å²) in [5, 5.41) is 5.11. The fourth-order valence-corrected chi connectivity index (χ4v) is 3.64. The molecule has 2 aliphatic rings. The number of amidine groups is 1. The first-order chi connectivity index (χ1) is 9.70. The van der Waals surface area contributed by atoms with E-state index < -0.39 is 0 Å². The molecule has 4 nitrogen and oxygen atoms in total. The van der Waals surface area contributed by atoms with E-state index in [9.17, 15) is 0 Å². The van der Waals surface area contributed by atoms with Crippen LogP contribution in [-0.4, -0.2) is 23.8 Å². The van der Waals surface area contributed by atoms with E-state index in [1.807, 2.05) is 23.9 Å². The highest BCUT2D eigenvalue weighted by Crippen LogP contribution is 2.32. The van der Waals surface area contributed by atoms with Crippen LogP contribution in [0.4, 0.5) is 0 Å². The average molecular weight is 292 g/mol. The van der Waals surface area contributed by atoms with Crippen molar-refractivity contribution in [3.05, 3.63) is 23.8 Å². The first-order valence-corrected chi connectivity index (χ1v) is 7.92. The molecule has 0 spiro atoms. The van der Waals surface area contributed by atoms with Crippen LogP contribution in [0.25, 0.3) is 0 Å². The Morgan fingerprint density at radius 2 is 2.20 bits per heavy atom. The lowest BCUT2D eigenvalue weighted by Crippen LogP contribution is -2.19. The van der Waals surface area contributed by atoms with Crippen molar-refractivity contribution in [2.75, 3.05) is 13.3 Å². The van der Waals surface area contributed by atoms with Gasteiger partial charge in [-0.25, -0.2) is 0 Å².